The number of fused-ring (bicyclic) bond motifs is 1. The third-order valence-electron chi connectivity index (χ3n) is 3.42. The molecule has 4 heteroatoms. The van der Waals surface area contributed by atoms with Crippen molar-refractivity contribution in [3.05, 3.63) is 30.0 Å². The maximum atomic E-state index is 11.9. The molecular formula is C17H23NO3. The largest absolute Gasteiger partial charge is 0.497 e. The second-order valence-corrected chi connectivity index (χ2v) is 6.43. The lowest BCUT2D eigenvalue weighted by Gasteiger charge is -2.17. The van der Waals surface area contributed by atoms with Gasteiger partial charge in [-0.3, -0.25) is 4.79 Å². The summed E-state index contributed by atoms with van der Waals surface area (Å²) in [5, 5.41) is 1.00. The Labute approximate surface area is 125 Å². The molecule has 2 aromatic rings. The molecule has 0 atom stereocenters. The zero-order valence-corrected chi connectivity index (χ0v) is 13.2. The van der Waals surface area contributed by atoms with Crippen LogP contribution in [0.2, 0.25) is 0 Å². The number of ether oxygens (including phenoxy) is 2. The number of nitrogens with one attached hydrogen (secondary N) is 1. The van der Waals surface area contributed by atoms with Crippen LogP contribution in [0.25, 0.3) is 10.9 Å². The van der Waals surface area contributed by atoms with Crippen LogP contribution in [-0.2, 0) is 16.0 Å². The van der Waals surface area contributed by atoms with Gasteiger partial charge < -0.3 is 14.5 Å². The third-order valence-corrected chi connectivity index (χ3v) is 3.42. The first kappa shape index (κ1) is 15.4. The van der Waals surface area contributed by atoms with Crippen molar-refractivity contribution < 1.29 is 14.3 Å². The van der Waals surface area contributed by atoms with E-state index in [2.05, 4.69) is 25.8 Å². The molecule has 1 aromatic heterocycles. The molecule has 0 spiro atoms. The lowest BCUT2D eigenvalue weighted by Crippen LogP contribution is -2.14. The Kier molecular flexibility index (Phi) is 4.56. The molecule has 1 aromatic carbocycles. The second-order valence-electron chi connectivity index (χ2n) is 6.43. The maximum Gasteiger partial charge on any atom is 0.310 e. The van der Waals surface area contributed by atoms with Gasteiger partial charge in [0.25, 0.3) is 0 Å². The zero-order chi connectivity index (χ0) is 15.5. The highest BCUT2D eigenvalue weighted by molar-refractivity contribution is 5.88. The molecule has 0 radical (unpaired) electrons. The molecule has 2 rings (SSSR count). The summed E-state index contributed by atoms with van der Waals surface area (Å²) in [7, 11) is 1.63. The van der Waals surface area contributed by atoms with E-state index in [1.807, 2.05) is 24.4 Å². The molecule has 0 saturated heterocycles. The van der Waals surface area contributed by atoms with Gasteiger partial charge in [-0.05, 0) is 35.6 Å². The van der Waals surface area contributed by atoms with Gasteiger partial charge in [-0.1, -0.05) is 20.8 Å². The Morgan fingerprint density at radius 2 is 2.05 bits per heavy atom. The fraction of sp³-hybridized carbons (Fsp3) is 0.471. The van der Waals surface area contributed by atoms with E-state index >= 15 is 0 Å². The molecular weight excluding hydrogens is 266 g/mol. The van der Waals surface area contributed by atoms with Gasteiger partial charge in [-0.25, -0.2) is 0 Å². The van der Waals surface area contributed by atoms with E-state index in [9.17, 15) is 4.79 Å². The molecule has 4 nitrogen and oxygen atoms in total. The predicted molar refractivity (Wildman–Crippen MR) is 83.6 cm³/mol. The van der Waals surface area contributed by atoms with Crippen molar-refractivity contribution in [1.29, 1.82) is 0 Å². The average Bonchev–Trinajstić information content (AvgIpc) is 2.79. The lowest BCUT2D eigenvalue weighted by atomic mass is 9.93. The van der Waals surface area contributed by atoms with Crippen LogP contribution >= 0.6 is 0 Å². The van der Waals surface area contributed by atoms with Crippen LogP contribution < -0.4 is 4.74 Å². The van der Waals surface area contributed by atoms with Crippen LogP contribution in [0.3, 0.4) is 0 Å². The Morgan fingerprint density at radius 1 is 1.29 bits per heavy atom. The molecule has 0 aliphatic carbocycles. The van der Waals surface area contributed by atoms with E-state index < -0.39 is 0 Å². The van der Waals surface area contributed by atoms with Crippen molar-refractivity contribution in [2.45, 2.75) is 33.6 Å². The Morgan fingerprint density at radius 3 is 2.71 bits per heavy atom. The molecule has 114 valence electrons. The van der Waals surface area contributed by atoms with Gasteiger partial charge in [0.05, 0.1) is 20.1 Å². The molecule has 0 aliphatic heterocycles. The maximum absolute atomic E-state index is 11.9. The second kappa shape index (κ2) is 6.20. The van der Waals surface area contributed by atoms with Crippen molar-refractivity contribution >= 4 is 16.9 Å². The lowest BCUT2D eigenvalue weighted by molar-refractivity contribution is -0.143. The van der Waals surface area contributed by atoms with Crippen LogP contribution in [0, 0.1) is 5.41 Å². The van der Waals surface area contributed by atoms with Gasteiger partial charge in [0.15, 0.2) is 0 Å². The fourth-order valence-corrected chi connectivity index (χ4v) is 2.11. The summed E-state index contributed by atoms with van der Waals surface area (Å²) in [5.41, 5.74) is 2.10. The number of carbonyl (C=O) groups excluding carboxylic acids is 1. The number of aromatic amines is 1. The van der Waals surface area contributed by atoms with Gasteiger partial charge >= 0.3 is 5.97 Å². The predicted octanol–water partition coefficient (Wildman–Crippen LogP) is 3.70. The number of methoxy groups -OCH3 is 1. The quantitative estimate of drug-likeness (QED) is 0.854. The van der Waals surface area contributed by atoms with Gasteiger partial charge in [-0.15, -0.1) is 0 Å². The van der Waals surface area contributed by atoms with Crippen molar-refractivity contribution in [2.75, 3.05) is 13.7 Å². The first-order valence-corrected chi connectivity index (χ1v) is 7.19. The van der Waals surface area contributed by atoms with Gasteiger partial charge in [-0.2, -0.15) is 0 Å². The average molecular weight is 289 g/mol. The standard InChI is InChI=1S/C17H23NO3/c1-17(2,3)7-8-21-16(19)9-12-11-18-15-6-5-13(20-4)10-14(12)15/h5-6,10-11,18H,7-9H2,1-4H3. The molecule has 1 N–H and O–H groups in total. The van der Waals surface area contributed by atoms with Crippen LogP contribution in [-0.4, -0.2) is 24.7 Å². The molecule has 0 unspecified atom stereocenters. The minimum atomic E-state index is -0.192. The van der Waals surface area contributed by atoms with E-state index in [0.717, 1.165) is 28.6 Å². The monoisotopic (exact) mass is 289 g/mol. The summed E-state index contributed by atoms with van der Waals surface area (Å²) in [6.07, 6.45) is 2.99. The van der Waals surface area contributed by atoms with E-state index in [-0.39, 0.29) is 17.8 Å². The van der Waals surface area contributed by atoms with E-state index in [1.54, 1.807) is 7.11 Å². The number of H-pyrrole nitrogens is 1. The molecule has 0 aliphatic rings. The first-order chi connectivity index (χ1) is 9.89. The molecule has 0 bridgehead atoms. The molecule has 0 saturated carbocycles. The third kappa shape index (κ3) is 4.25. The SMILES string of the molecule is COc1ccc2[nH]cc(CC(=O)OCCC(C)(C)C)c2c1. The van der Waals surface area contributed by atoms with Crippen molar-refractivity contribution in [3.8, 4) is 5.75 Å². The van der Waals surface area contributed by atoms with Crippen molar-refractivity contribution in [1.82, 2.24) is 4.98 Å². The van der Waals surface area contributed by atoms with Gasteiger partial charge in [0.2, 0.25) is 0 Å². The van der Waals surface area contributed by atoms with Gasteiger partial charge in [0, 0.05) is 17.1 Å². The zero-order valence-electron chi connectivity index (χ0n) is 13.2. The topological polar surface area (TPSA) is 51.3 Å². The van der Waals surface area contributed by atoms with Crippen molar-refractivity contribution in [2.24, 2.45) is 5.41 Å². The number of esters is 1. The molecule has 1 heterocycles. The molecule has 0 fully saturated rings. The van der Waals surface area contributed by atoms with E-state index in [1.165, 1.54) is 0 Å². The summed E-state index contributed by atoms with van der Waals surface area (Å²) in [5.74, 6) is 0.590. The molecule has 0 amide bonds. The number of carbonyl (C=O) groups is 1. The summed E-state index contributed by atoms with van der Waals surface area (Å²) in [4.78, 5) is 15.1. The summed E-state index contributed by atoms with van der Waals surface area (Å²) < 4.78 is 10.5. The number of hydrogen-bond acceptors (Lipinski definition) is 3. The Hall–Kier alpha value is -1.97. The Bertz CT molecular complexity index is 622. The summed E-state index contributed by atoms with van der Waals surface area (Å²) in [6, 6.07) is 5.77. The number of rotatable bonds is 5. The van der Waals surface area contributed by atoms with E-state index in [4.69, 9.17) is 9.47 Å². The fourth-order valence-electron chi connectivity index (χ4n) is 2.11. The highest BCUT2D eigenvalue weighted by atomic mass is 16.5. The molecule has 21 heavy (non-hydrogen) atoms. The number of hydrogen-bond donors (Lipinski definition) is 1. The minimum absolute atomic E-state index is 0.175. The minimum Gasteiger partial charge on any atom is -0.497 e. The smallest absolute Gasteiger partial charge is 0.310 e. The van der Waals surface area contributed by atoms with Crippen molar-refractivity contribution in [3.63, 3.8) is 0 Å². The normalized spacial score (nSPS) is 11.6. The van der Waals surface area contributed by atoms with Gasteiger partial charge in [0.1, 0.15) is 5.75 Å². The number of aromatic nitrogens is 1. The van der Waals surface area contributed by atoms with Crippen LogP contribution in [0.4, 0.5) is 0 Å². The highest BCUT2D eigenvalue weighted by Gasteiger charge is 2.13. The van der Waals surface area contributed by atoms with E-state index in [0.29, 0.717) is 6.61 Å². The van der Waals surface area contributed by atoms with Crippen LogP contribution in [0.5, 0.6) is 5.75 Å². The van der Waals surface area contributed by atoms with Crippen LogP contribution in [0.15, 0.2) is 24.4 Å². The summed E-state index contributed by atoms with van der Waals surface area (Å²) >= 11 is 0. The first-order valence-electron chi connectivity index (χ1n) is 7.19. The summed E-state index contributed by atoms with van der Waals surface area (Å²) in [6.45, 7) is 6.86. The Balaban J connectivity index is 2.01. The van der Waals surface area contributed by atoms with Crippen LogP contribution in [0.1, 0.15) is 32.8 Å². The number of benzene rings is 1. The highest BCUT2D eigenvalue weighted by Crippen LogP contribution is 2.24.